The van der Waals surface area contributed by atoms with E-state index in [1.165, 1.54) is 5.56 Å². The van der Waals surface area contributed by atoms with Crippen LogP contribution in [0.2, 0.25) is 0 Å². The molecule has 2 N–H and O–H groups in total. The summed E-state index contributed by atoms with van der Waals surface area (Å²) in [6.07, 6.45) is 0. The van der Waals surface area contributed by atoms with E-state index in [2.05, 4.69) is 43.9 Å². The lowest BCUT2D eigenvalue weighted by molar-refractivity contribution is 0.125. The van der Waals surface area contributed by atoms with Crippen molar-refractivity contribution in [1.29, 1.82) is 0 Å². The smallest absolute Gasteiger partial charge is 0.127 e. The molecule has 146 valence electrons. The Bertz CT molecular complexity index is 799. The minimum Gasteiger partial charge on any atom is -0.497 e. The van der Waals surface area contributed by atoms with E-state index in [0.29, 0.717) is 6.54 Å². The first-order valence-corrected chi connectivity index (χ1v) is 9.32. The molecule has 0 saturated heterocycles. The third-order valence-corrected chi connectivity index (χ3v) is 4.79. The maximum absolute atomic E-state index is 6.17. The minimum atomic E-state index is -0.242. The van der Waals surface area contributed by atoms with E-state index >= 15 is 0 Å². The normalized spacial score (nSPS) is 16.9. The molecule has 3 rings (SSSR count). The molecule has 0 radical (unpaired) electrons. The van der Waals surface area contributed by atoms with E-state index in [0.717, 1.165) is 41.5 Å². The molecule has 1 unspecified atom stereocenters. The summed E-state index contributed by atoms with van der Waals surface area (Å²) in [4.78, 5) is 2.37. The molecule has 2 aromatic carbocycles. The van der Waals surface area contributed by atoms with Crippen LogP contribution in [0.3, 0.4) is 0 Å². The molecule has 1 aliphatic rings. The van der Waals surface area contributed by atoms with Crippen LogP contribution in [0.1, 0.15) is 43.5 Å². The Kier molecular flexibility index (Phi) is 5.63. The van der Waals surface area contributed by atoms with E-state index in [9.17, 15) is 0 Å². The Hall–Kier alpha value is -2.24. The van der Waals surface area contributed by atoms with Gasteiger partial charge in [0.05, 0.1) is 20.3 Å². The quantitative estimate of drug-likeness (QED) is 0.836. The zero-order chi connectivity index (χ0) is 19.6. The third-order valence-electron chi connectivity index (χ3n) is 4.79. The zero-order valence-electron chi connectivity index (χ0n) is 16.9. The van der Waals surface area contributed by atoms with E-state index < -0.39 is 0 Å². The number of nitrogens with two attached hydrogens (primary N) is 1. The fourth-order valence-electron chi connectivity index (χ4n) is 3.68. The zero-order valence-corrected chi connectivity index (χ0v) is 16.9. The molecular formula is C22H30N2O3. The van der Waals surface area contributed by atoms with Gasteiger partial charge < -0.3 is 19.9 Å². The van der Waals surface area contributed by atoms with Gasteiger partial charge in [0.2, 0.25) is 0 Å². The topological polar surface area (TPSA) is 57.0 Å². The fourth-order valence-corrected chi connectivity index (χ4v) is 3.68. The van der Waals surface area contributed by atoms with Crippen LogP contribution in [0.4, 0.5) is 0 Å². The molecule has 0 amide bonds. The molecule has 1 aliphatic heterocycles. The van der Waals surface area contributed by atoms with Gasteiger partial charge in [-0.05, 0) is 38.5 Å². The van der Waals surface area contributed by atoms with E-state index in [1.807, 2.05) is 18.2 Å². The lowest BCUT2D eigenvalue weighted by atomic mass is 10.0. The maximum Gasteiger partial charge on any atom is 0.127 e. The van der Waals surface area contributed by atoms with Crippen LogP contribution in [-0.4, -0.2) is 31.3 Å². The monoisotopic (exact) mass is 370 g/mol. The Morgan fingerprint density at radius 3 is 2.44 bits per heavy atom. The Balaban J connectivity index is 1.91. The molecule has 0 saturated carbocycles. The molecule has 0 spiro atoms. The molecule has 5 nitrogen and oxygen atoms in total. The van der Waals surface area contributed by atoms with Gasteiger partial charge in [-0.2, -0.15) is 0 Å². The number of fused-ring (bicyclic) bond motifs is 1. The van der Waals surface area contributed by atoms with Crippen molar-refractivity contribution in [3.05, 3.63) is 53.1 Å². The Morgan fingerprint density at radius 1 is 1.07 bits per heavy atom. The number of rotatable bonds is 6. The van der Waals surface area contributed by atoms with Gasteiger partial charge in [0.25, 0.3) is 0 Å². The second kappa shape index (κ2) is 7.79. The van der Waals surface area contributed by atoms with Crippen molar-refractivity contribution in [2.45, 2.75) is 45.5 Å². The molecule has 5 heteroatoms. The van der Waals surface area contributed by atoms with Gasteiger partial charge in [-0.15, -0.1) is 0 Å². The molecule has 0 bridgehead atoms. The number of ether oxygens (including phenoxy) is 3. The highest BCUT2D eigenvalue weighted by Gasteiger charge is 2.33. The summed E-state index contributed by atoms with van der Waals surface area (Å²) in [5.41, 5.74) is 9.45. The molecule has 27 heavy (non-hydrogen) atoms. The van der Waals surface area contributed by atoms with Gasteiger partial charge in [-0.1, -0.05) is 18.2 Å². The van der Waals surface area contributed by atoms with Crippen LogP contribution in [0.15, 0.2) is 36.4 Å². The molecule has 0 aromatic heterocycles. The average Bonchev–Trinajstić information content (AvgIpc) is 2.98. The Labute approximate surface area is 162 Å². The predicted molar refractivity (Wildman–Crippen MR) is 107 cm³/mol. The van der Waals surface area contributed by atoms with Gasteiger partial charge in [-0.3, -0.25) is 4.90 Å². The molecule has 1 atom stereocenters. The van der Waals surface area contributed by atoms with Crippen molar-refractivity contribution in [1.82, 2.24) is 4.90 Å². The van der Waals surface area contributed by atoms with Crippen molar-refractivity contribution < 1.29 is 14.2 Å². The van der Waals surface area contributed by atoms with Gasteiger partial charge in [0.1, 0.15) is 22.8 Å². The van der Waals surface area contributed by atoms with Crippen LogP contribution < -0.4 is 19.9 Å². The average molecular weight is 370 g/mol. The van der Waals surface area contributed by atoms with Crippen LogP contribution in [0, 0.1) is 0 Å². The van der Waals surface area contributed by atoms with E-state index in [1.54, 1.807) is 14.2 Å². The van der Waals surface area contributed by atoms with Gasteiger partial charge in [-0.25, -0.2) is 0 Å². The fraction of sp³-hybridized carbons (Fsp3) is 0.455. The van der Waals surface area contributed by atoms with Crippen molar-refractivity contribution >= 4 is 0 Å². The lowest BCUT2D eigenvalue weighted by Gasteiger charge is -2.27. The second-order valence-corrected chi connectivity index (χ2v) is 7.88. The van der Waals surface area contributed by atoms with Gasteiger partial charge >= 0.3 is 0 Å². The molecule has 1 heterocycles. The van der Waals surface area contributed by atoms with Crippen molar-refractivity contribution in [2.75, 3.05) is 20.8 Å². The standard InChI is InChI=1S/C22H30N2O3/c1-22(2,3)27-19-9-7-6-8-15(19)13-24-14-16-10-17(25-4)11-20(26-5)21(16)18(24)12-23/h6-11,18H,12-14,23H2,1-5H3. The second-order valence-electron chi connectivity index (χ2n) is 7.88. The molecule has 2 aromatic rings. The van der Waals surface area contributed by atoms with E-state index in [4.69, 9.17) is 19.9 Å². The van der Waals surface area contributed by atoms with Crippen LogP contribution in [0.25, 0.3) is 0 Å². The summed E-state index contributed by atoms with van der Waals surface area (Å²) in [6.45, 7) is 8.28. The van der Waals surface area contributed by atoms with Crippen molar-refractivity contribution in [3.8, 4) is 17.2 Å². The summed E-state index contributed by atoms with van der Waals surface area (Å²) < 4.78 is 17.2. The van der Waals surface area contributed by atoms with Crippen LogP contribution in [0.5, 0.6) is 17.2 Å². The van der Waals surface area contributed by atoms with Crippen LogP contribution >= 0.6 is 0 Å². The predicted octanol–water partition coefficient (Wildman–Crippen LogP) is 3.90. The number of methoxy groups -OCH3 is 2. The first kappa shape index (κ1) is 19.5. The van der Waals surface area contributed by atoms with Gasteiger partial charge in [0.15, 0.2) is 0 Å². The number of nitrogens with zero attached hydrogens (tertiary/aromatic N) is 1. The summed E-state index contributed by atoms with van der Waals surface area (Å²) in [5.74, 6) is 2.56. The maximum atomic E-state index is 6.17. The first-order chi connectivity index (χ1) is 12.9. The molecule has 0 fully saturated rings. The SMILES string of the molecule is COc1cc2c(c(OC)c1)C(CN)N(Cc1ccccc1OC(C)(C)C)C2. The van der Waals surface area contributed by atoms with Crippen molar-refractivity contribution in [3.63, 3.8) is 0 Å². The number of hydrogen-bond donors (Lipinski definition) is 1. The first-order valence-electron chi connectivity index (χ1n) is 9.32. The summed E-state index contributed by atoms with van der Waals surface area (Å²) >= 11 is 0. The van der Waals surface area contributed by atoms with E-state index in [-0.39, 0.29) is 11.6 Å². The Morgan fingerprint density at radius 2 is 1.81 bits per heavy atom. The third kappa shape index (κ3) is 4.20. The molecular weight excluding hydrogens is 340 g/mol. The lowest BCUT2D eigenvalue weighted by Crippen LogP contribution is -2.29. The number of benzene rings is 2. The van der Waals surface area contributed by atoms with Crippen LogP contribution in [-0.2, 0) is 13.1 Å². The number of para-hydroxylation sites is 1. The summed E-state index contributed by atoms with van der Waals surface area (Å²) in [7, 11) is 3.37. The summed E-state index contributed by atoms with van der Waals surface area (Å²) in [5, 5.41) is 0. The summed E-state index contributed by atoms with van der Waals surface area (Å²) in [6, 6.07) is 12.3. The highest BCUT2D eigenvalue weighted by atomic mass is 16.5. The van der Waals surface area contributed by atoms with Crippen molar-refractivity contribution in [2.24, 2.45) is 5.73 Å². The van der Waals surface area contributed by atoms with Gasteiger partial charge in [0, 0.05) is 36.8 Å². The highest BCUT2D eigenvalue weighted by Crippen LogP contribution is 2.43. The highest BCUT2D eigenvalue weighted by molar-refractivity contribution is 5.51. The minimum absolute atomic E-state index is 0.101. The number of hydrogen-bond acceptors (Lipinski definition) is 5. The molecule has 0 aliphatic carbocycles. The largest absolute Gasteiger partial charge is 0.497 e.